The van der Waals surface area contributed by atoms with Crippen molar-refractivity contribution in [3.63, 3.8) is 0 Å². The van der Waals surface area contributed by atoms with Gasteiger partial charge in [0.1, 0.15) is 0 Å². The molecular weight excluding hydrogens is 371 g/mol. The molecule has 2 rings (SSSR count). The Labute approximate surface area is 166 Å². The minimum absolute atomic E-state index is 0.143. The summed E-state index contributed by atoms with van der Waals surface area (Å²) in [7, 11) is -3.17. The molecule has 0 aromatic rings. The Kier molecular flexibility index (Phi) is 8.17. The number of rotatable bonds is 6. The lowest BCUT2D eigenvalue weighted by atomic mass is 9.75. The lowest BCUT2D eigenvalue weighted by Crippen LogP contribution is -2.47. The van der Waals surface area contributed by atoms with Gasteiger partial charge >= 0.3 is 7.18 Å². The molecule has 0 N–H and O–H groups in total. The van der Waals surface area contributed by atoms with Gasteiger partial charge in [-0.05, 0) is 61.2 Å². The van der Waals surface area contributed by atoms with E-state index in [1.165, 1.54) is 25.7 Å². The van der Waals surface area contributed by atoms with Crippen LogP contribution in [-0.2, 0) is 8.85 Å². The number of hydrogen-bond acceptors (Lipinski definition) is 2. The van der Waals surface area contributed by atoms with Crippen LogP contribution >= 0.6 is 22.2 Å². The van der Waals surface area contributed by atoms with Gasteiger partial charge in [0.15, 0.2) is 0 Å². The number of halogens is 2. The Hall–Kier alpha value is 0.717. The van der Waals surface area contributed by atoms with Gasteiger partial charge in [0.25, 0.3) is 0 Å². The van der Waals surface area contributed by atoms with Crippen LogP contribution in [0.25, 0.3) is 0 Å². The molecule has 2 fully saturated rings. The van der Waals surface area contributed by atoms with Crippen LogP contribution in [0.2, 0.25) is 0 Å². The van der Waals surface area contributed by atoms with Crippen molar-refractivity contribution in [3.05, 3.63) is 0 Å². The third-order valence-corrected chi connectivity index (χ3v) is 8.72. The first-order valence-corrected chi connectivity index (χ1v) is 14.2. The maximum Gasteiger partial charge on any atom is 0.551 e. The van der Waals surface area contributed by atoms with Crippen LogP contribution in [-0.4, -0.2) is 19.4 Å². The highest BCUT2D eigenvalue weighted by molar-refractivity contribution is 7.39. The highest BCUT2D eigenvalue weighted by Gasteiger charge is 2.46. The molecule has 5 heteroatoms. The van der Waals surface area contributed by atoms with Crippen LogP contribution in [0.15, 0.2) is 0 Å². The van der Waals surface area contributed by atoms with E-state index in [1.54, 1.807) is 0 Å². The lowest BCUT2D eigenvalue weighted by Gasteiger charge is -2.42. The van der Waals surface area contributed by atoms with Crippen molar-refractivity contribution in [1.29, 1.82) is 0 Å². The van der Waals surface area contributed by atoms with E-state index in [9.17, 15) is 0 Å². The summed E-state index contributed by atoms with van der Waals surface area (Å²) in [6.07, 6.45) is 7.35. The van der Waals surface area contributed by atoms with Crippen LogP contribution in [0.1, 0.15) is 80.1 Å². The molecule has 6 atom stereocenters. The zero-order valence-corrected chi connectivity index (χ0v) is 19.4. The van der Waals surface area contributed by atoms with Crippen LogP contribution in [0.3, 0.4) is 0 Å². The van der Waals surface area contributed by atoms with Crippen molar-refractivity contribution in [1.82, 2.24) is 0 Å². The fourth-order valence-corrected chi connectivity index (χ4v) is 7.56. The Bertz CT molecular complexity index is 381. The van der Waals surface area contributed by atoms with Gasteiger partial charge in [-0.1, -0.05) is 76.5 Å². The predicted molar refractivity (Wildman–Crippen MR) is 110 cm³/mol. The Balaban J connectivity index is 2.03. The van der Waals surface area contributed by atoms with Crippen molar-refractivity contribution in [2.45, 2.75) is 92.3 Å². The molecule has 0 unspecified atom stereocenters. The molecule has 0 spiro atoms. The molecule has 2 aliphatic rings. The Morgan fingerprint density at radius 2 is 1.08 bits per heavy atom. The summed E-state index contributed by atoms with van der Waals surface area (Å²) < 4.78 is 12.7. The van der Waals surface area contributed by atoms with E-state index in [0.29, 0.717) is 35.5 Å². The van der Waals surface area contributed by atoms with Crippen LogP contribution in [0.5, 0.6) is 0 Å². The summed E-state index contributed by atoms with van der Waals surface area (Å²) in [5.74, 6) is 3.61. The van der Waals surface area contributed by atoms with Gasteiger partial charge in [0, 0.05) is 0 Å². The average molecular weight is 410 g/mol. The minimum atomic E-state index is -3.17. The maximum atomic E-state index is 6.70. The van der Waals surface area contributed by atoms with Crippen molar-refractivity contribution in [2.24, 2.45) is 35.5 Å². The molecule has 0 bridgehead atoms. The highest BCUT2D eigenvalue weighted by atomic mass is 35.7. The largest absolute Gasteiger partial charge is 0.551 e. The van der Waals surface area contributed by atoms with Gasteiger partial charge in [-0.2, -0.15) is 0 Å². The molecule has 0 amide bonds. The quantitative estimate of drug-likeness (QED) is 0.353. The Morgan fingerprint density at radius 1 is 0.720 bits per heavy atom. The van der Waals surface area contributed by atoms with Crippen molar-refractivity contribution < 1.29 is 8.85 Å². The smallest absolute Gasteiger partial charge is 0.368 e. The van der Waals surface area contributed by atoms with E-state index in [0.717, 1.165) is 12.8 Å². The third-order valence-electron chi connectivity index (χ3n) is 6.50. The zero-order valence-electron chi connectivity index (χ0n) is 16.9. The first kappa shape index (κ1) is 22.0. The summed E-state index contributed by atoms with van der Waals surface area (Å²) in [4.78, 5) is 0. The summed E-state index contributed by atoms with van der Waals surface area (Å²) in [5, 5.41) is 0. The molecule has 0 saturated heterocycles. The van der Waals surface area contributed by atoms with E-state index in [1.807, 2.05) is 0 Å². The fraction of sp³-hybridized carbons (Fsp3) is 1.00. The molecule has 148 valence electrons. The van der Waals surface area contributed by atoms with Crippen molar-refractivity contribution >= 4 is 29.3 Å². The maximum absolute atomic E-state index is 6.70. The molecule has 25 heavy (non-hydrogen) atoms. The van der Waals surface area contributed by atoms with E-state index in [2.05, 4.69) is 41.5 Å². The molecule has 2 aliphatic carbocycles. The van der Waals surface area contributed by atoms with Gasteiger partial charge in [0.05, 0.1) is 12.2 Å². The van der Waals surface area contributed by atoms with Gasteiger partial charge in [-0.25, -0.2) is 0 Å². The van der Waals surface area contributed by atoms with E-state index in [-0.39, 0.29) is 12.2 Å². The number of hydrogen-bond donors (Lipinski definition) is 0. The molecule has 0 aliphatic heterocycles. The second kappa shape index (κ2) is 9.27. The minimum Gasteiger partial charge on any atom is -0.368 e. The molecule has 0 aromatic heterocycles. The first-order chi connectivity index (χ1) is 11.6. The van der Waals surface area contributed by atoms with Crippen molar-refractivity contribution in [2.75, 3.05) is 0 Å². The van der Waals surface area contributed by atoms with Crippen LogP contribution in [0, 0.1) is 35.5 Å². The van der Waals surface area contributed by atoms with Gasteiger partial charge in [-0.15, -0.1) is 0 Å². The normalized spacial score (nSPS) is 37.7. The summed E-state index contributed by atoms with van der Waals surface area (Å²) in [6, 6.07) is 0. The second-order valence-electron chi connectivity index (χ2n) is 9.43. The standard InChI is InChI=1S/C20H38Cl2O2Si/c1-13(2)17-9-7-15(5)11-19(17)23-25(21,22)24-20-12-16(6)8-10-18(20)14(3)4/h13-20H,7-12H2,1-6H3/t15-,16-,17+,18+,19-,20-/m1/s1. The van der Waals surface area contributed by atoms with Gasteiger partial charge < -0.3 is 8.85 Å². The summed E-state index contributed by atoms with van der Waals surface area (Å²) in [6.45, 7) is 13.7. The molecule has 2 saturated carbocycles. The predicted octanol–water partition coefficient (Wildman–Crippen LogP) is 6.85. The monoisotopic (exact) mass is 408 g/mol. The molecular formula is C20H38Cl2O2Si. The average Bonchev–Trinajstić information content (AvgIpc) is 2.45. The third kappa shape index (κ3) is 6.38. The second-order valence-corrected chi connectivity index (χ2v) is 14.4. The summed E-state index contributed by atoms with van der Waals surface area (Å²) in [5.41, 5.74) is 0. The highest BCUT2D eigenvalue weighted by Crippen LogP contribution is 2.41. The topological polar surface area (TPSA) is 18.5 Å². The zero-order chi connectivity index (χ0) is 18.8. The first-order valence-electron chi connectivity index (χ1n) is 10.3. The SMILES string of the molecule is CC(C)[C@@H]1CC[C@@H](C)C[C@H]1O[Si](Cl)(Cl)O[C@@H]1C[C@H](C)CC[C@H]1C(C)C. The van der Waals surface area contributed by atoms with Crippen LogP contribution < -0.4 is 0 Å². The van der Waals surface area contributed by atoms with Gasteiger partial charge in [0.2, 0.25) is 0 Å². The van der Waals surface area contributed by atoms with E-state index >= 15 is 0 Å². The lowest BCUT2D eigenvalue weighted by molar-refractivity contribution is -0.0120. The van der Waals surface area contributed by atoms with Gasteiger partial charge in [-0.3, -0.25) is 0 Å². The van der Waals surface area contributed by atoms with E-state index < -0.39 is 7.18 Å². The fourth-order valence-electron chi connectivity index (χ4n) is 4.88. The molecule has 0 aromatic carbocycles. The molecule has 0 radical (unpaired) electrons. The molecule has 0 heterocycles. The van der Waals surface area contributed by atoms with E-state index in [4.69, 9.17) is 31.0 Å². The molecule has 2 nitrogen and oxygen atoms in total. The van der Waals surface area contributed by atoms with Crippen molar-refractivity contribution in [3.8, 4) is 0 Å². The Morgan fingerprint density at radius 3 is 1.40 bits per heavy atom. The van der Waals surface area contributed by atoms with Crippen LogP contribution in [0.4, 0.5) is 0 Å². The summed E-state index contributed by atoms with van der Waals surface area (Å²) >= 11 is 13.4.